The van der Waals surface area contributed by atoms with Gasteiger partial charge in [-0.2, -0.15) is 0 Å². The third-order valence-corrected chi connectivity index (χ3v) is 3.37. The van der Waals surface area contributed by atoms with Gasteiger partial charge in [0.25, 0.3) is 0 Å². The van der Waals surface area contributed by atoms with E-state index in [4.69, 9.17) is 0 Å². The summed E-state index contributed by atoms with van der Waals surface area (Å²) in [6.45, 7) is 14.9. The summed E-state index contributed by atoms with van der Waals surface area (Å²) in [6.07, 6.45) is 8.19. The van der Waals surface area contributed by atoms with Crippen LogP contribution in [0.4, 0.5) is 0 Å². The molecular formula is C14H33NO. The van der Waals surface area contributed by atoms with Gasteiger partial charge < -0.3 is 9.96 Å². The van der Waals surface area contributed by atoms with Crippen LogP contribution in [0, 0.1) is 0 Å². The number of unbranched alkanes of at least 4 members (excludes halogenated alkanes) is 2. The van der Waals surface area contributed by atoms with Crippen LogP contribution in [0.2, 0.25) is 0 Å². The molecule has 0 aromatic rings. The minimum atomic E-state index is 0. The lowest BCUT2D eigenvalue weighted by molar-refractivity contribution is -0.928. The molecule has 0 saturated heterocycles. The molecule has 0 bridgehead atoms. The first kappa shape index (κ1) is 18.3. The van der Waals surface area contributed by atoms with Gasteiger partial charge in [-0.3, -0.25) is 0 Å². The van der Waals surface area contributed by atoms with E-state index in [2.05, 4.69) is 27.7 Å². The SMILES string of the molecule is CCCC[N+](CCC)(CCC)CCCC.[OH-]. The van der Waals surface area contributed by atoms with Crippen molar-refractivity contribution in [1.82, 2.24) is 0 Å². The monoisotopic (exact) mass is 231 g/mol. The molecule has 0 radical (unpaired) electrons. The molecule has 1 N–H and O–H groups in total. The van der Waals surface area contributed by atoms with Gasteiger partial charge >= 0.3 is 0 Å². The van der Waals surface area contributed by atoms with Crippen LogP contribution in [0.15, 0.2) is 0 Å². The van der Waals surface area contributed by atoms with Crippen LogP contribution in [-0.2, 0) is 0 Å². The van der Waals surface area contributed by atoms with E-state index in [1.165, 1.54) is 69.2 Å². The third-order valence-electron chi connectivity index (χ3n) is 3.37. The smallest absolute Gasteiger partial charge is 0.0786 e. The van der Waals surface area contributed by atoms with Gasteiger partial charge in [-0.15, -0.1) is 0 Å². The first-order valence-electron chi connectivity index (χ1n) is 7.09. The Morgan fingerprint density at radius 1 is 0.562 bits per heavy atom. The van der Waals surface area contributed by atoms with E-state index in [0.29, 0.717) is 0 Å². The van der Waals surface area contributed by atoms with E-state index in [-0.39, 0.29) is 5.48 Å². The molecule has 2 nitrogen and oxygen atoms in total. The highest BCUT2D eigenvalue weighted by molar-refractivity contribution is 4.46. The molecule has 0 aromatic heterocycles. The molecule has 0 saturated carbocycles. The fourth-order valence-corrected chi connectivity index (χ4v) is 2.61. The van der Waals surface area contributed by atoms with Gasteiger partial charge in [-0.1, -0.05) is 40.5 Å². The average molecular weight is 231 g/mol. The Balaban J connectivity index is 0. The standard InChI is InChI=1S/C14H32N.H2O/c1-5-9-13-15(11-7-3,12-8-4)14-10-6-2;/h5-14H2,1-4H3;1H2/q+1;/p-1. The van der Waals surface area contributed by atoms with Crippen molar-refractivity contribution in [3.8, 4) is 0 Å². The van der Waals surface area contributed by atoms with Crippen LogP contribution < -0.4 is 0 Å². The second kappa shape index (κ2) is 11.4. The van der Waals surface area contributed by atoms with Crippen LogP contribution in [0.1, 0.15) is 66.2 Å². The summed E-state index contributed by atoms with van der Waals surface area (Å²) in [6, 6.07) is 0. The van der Waals surface area contributed by atoms with E-state index in [1.54, 1.807) is 0 Å². The second-order valence-corrected chi connectivity index (χ2v) is 4.94. The Bertz CT molecular complexity index is 121. The molecule has 0 amide bonds. The summed E-state index contributed by atoms with van der Waals surface area (Å²) >= 11 is 0. The number of rotatable bonds is 10. The molecule has 0 atom stereocenters. The van der Waals surface area contributed by atoms with Gasteiger partial charge in [0.05, 0.1) is 26.2 Å². The maximum absolute atomic E-state index is 2.33. The van der Waals surface area contributed by atoms with Crippen molar-refractivity contribution in [2.24, 2.45) is 0 Å². The first-order chi connectivity index (χ1) is 7.24. The quantitative estimate of drug-likeness (QED) is 0.522. The maximum atomic E-state index is 2.33. The number of quaternary nitrogens is 1. The molecule has 2 heteroatoms. The van der Waals surface area contributed by atoms with Crippen molar-refractivity contribution in [3.05, 3.63) is 0 Å². The van der Waals surface area contributed by atoms with Crippen LogP contribution >= 0.6 is 0 Å². The summed E-state index contributed by atoms with van der Waals surface area (Å²) in [5.41, 5.74) is 0. The molecule has 0 spiro atoms. The zero-order valence-corrected chi connectivity index (χ0v) is 12.0. The molecule has 0 fully saturated rings. The van der Waals surface area contributed by atoms with E-state index in [9.17, 15) is 0 Å². The largest absolute Gasteiger partial charge is 0.870 e. The molecule has 0 aliphatic rings. The van der Waals surface area contributed by atoms with Crippen LogP contribution in [0.5, 0.6) is 0 Å². The molecule has 100 valence electrons. The van der Waals surface area contributed by atoms with Crippen LogP contribution in [0.25, 0.3) is 0 Å². The summed E-state index contributed by atoms with van der Waals surface area (Å²) in [5.74, 6) is 0. The highest BCUT2D eigenvalue weighted by atomic mass is 16.0. The third kappa shape index (κ3) is 7.24. The lowest BCUT2D eigenvalue weighted by Crippen LogP contribution is -2.50. The fraction of sp³-hybridized carbons (Fsp3) is 1.00. The van der Waals surface area contributed by atoms with Gasteiger partial charge in [-0.05, 0) is 25.7 Å². The van der Waals surface area contributed by atoms with E-state index < -0.39 is 0 Å². The minimum Gasteiger partial charge on any atom is -0.870 e. The molecule has 0 aliphatic carbocycles. The lowest BCUT2D eigenvalue weighted by atomic mass is 10.1. The Kier molecular flexibility index (Phi) is 13.0. The Morgan fingerprint density at radius 2 is 0.938 bits per heavy atom. The molecule has 16 heavy (non-hydrogen) atoms. The molecular weight excluding hydrogens is 198 g/mol. The van der Waals surface area contributed by atoms with E-state index in [1.807, 2.05) is 0 Å². The predicted molar refractivity (Wildman–Crippen MR) is 72.1 cm³/mol. The maximum Gasteiger partial charge on any atom is 0.0786 e. The van der Waals surface area contributed by atoms with E-state index >= 15 is 0 Å². The van der Waals surface area contributed by atoms with Crippen LogP contribution in [0.3, 0.4) is 0 Å². The van der Waals surface area contributed by atoms with Crippen molar-refractivity contribution in [1.29, 1.82) is 0 Å². The van der Waals surface area contributed by atoms with Gasteiger partial charge in [0.2, 0.25) is 0 Å². The Morgan fingerprint density at radius 3 is 1.19 bits per heavy atom. The first-order valence-corrected chi connectivity index (χ1v) is 7.09. The number of hydrogen-bond acceptors (Lipinski definition) is 1. The average Bonchev–Trinajstić information content (AvgIpc) is 2.24. The van der Waals surface area contributed by atoms with Crippen molar-refractivity contribution < 1.29 is 9.96 Å². The minimum absolute atomic E-state index is 0. The zero-order valence-electron chi connectivity index (χ0n) is 12.0. The van der Waals surface area contributed by atoms with Crippen LogP contribution in [-0.4, -0.2) is 36.1 Å². The van der Waals surface area contributed by atoms with Crippen molar-refractivity contribution >= 4 is 0 Å². The molecule has 0 aliphatic heterocycles. The fourth-order valence-electron chi connectivity index (χ4n) is 2.61. The highest BCUT2D eigenvalue weighted by Crippen LogP contribution is 2.14. The topological polar surface area (TPSA) is 30.0 Å². The number of nitrogens with zero attached hydrogens (tertiary/aromatic N) is 1. The zero-order chi connectivity index (χ0) is 11.6. The molecule has 0 aromatic carbocycles. The van der Waals surface area contributed by atoms with Crippen molar-refractivity contribution in [3.63, 3.8) is 0 Å². The summed E-state index contributed by atoms with van der Waals surface area (Å²) in [5, 5.41) is 0. The van der Waals surface area contributed by atoms with Crippen molar-refractivity contribution in [2.45, 2.75) is 66.2 Å². The Hall–Kier alpha value is -0.0800. The summed E-state index contributed by atoms with van der Waals surface area (Å²) in [7, 11) is 0. The molecule has 0 heterocycles. The van der Waals surface area contributed by atoms with Gasteiger partial charge in [0.1, 0.15) is 0 Å². The van der Waals surface area contributed by atoms with Gasteiger partial charge in [0.15, 0.2) is 0 Å². The van der Waals surface area contributed by atoms with Gasteiger partial charge in [0, 0.05) is 0 Å². The molecule has 0 unspecified atom stereocenters. The number of hydrogen-bond donors (Lipinski definition) is 0. The normalized spacial score (nSPS) is 11.2. The summed E-state index contributed by atoms with van der Waals surface area (Å²) < 4.78 is 1.40. The molecule has 0 rings (SSSR count). The van der Waals surface area contributed by atoms with Crippen molar-refractivity contribution in [2.75, 3.05) is 26.2 Å². The highest BCUT2D eigenvalue weighted by Gasteiger charge is 2.23. The lowest BCUT2D eigenvalue weighted by Gasteiger charge is -2.39. The Labute approximate surface area is 103 Å². The predicted octanol–water partition coefficient (Wildman–Crippen LogP) is 4.05. The van der Waals surface area contributed by atoms with Gasteiger partial charge in [-0.25, -0.2) is 0 Å². The summed E-state index contributed by atoms with van der Waals surface area (Å²) in [4.78, 5) is 0. The van der Waals surface area contributed by atoms with E-state index in [0.717, 1.165) is 0 Å². The second-order valence-electron chi connectivity index (χ2n) is 4.94.